The maximum Gasteiger partial charge on any atom is 0.343 e. The van der Waals surface area contributed by atoms with Crippen LogP contribution in [0.15, 0.2) is 35.3 Å². The number of rotatable bonds is 5. The van der Waals surface area contributed by atoms with Crippen LogP contribution in [-0.2, 0) is 10.6 Å². The standard InChI is InChI=1S/C22H20ClFN2O3/c1-3-29-22(28)18-11-26(15-4-5-15)20-9-16(19(24)8-17(20)21(18)27)13-6-12(2)25-14(7-13)10-23/h6-9,11,15H,3-5,10H2,1-2H3. The van der Waals surface area contributed by atoms with Crippen LogP contribution in [-0.4, -0.2) is 22.1 Å². The van der Waals surface area contributed by atoms with Gasteiger partial charge in [-0.3, -0.25) is 9.78 Å². The minimum Gasteiger partial charge on any atom is -0.462 e. The third kappa shape index (κ3) is 3.65. The zero-order chi connectivity index (χ0) is 20.7. The molecule has 0 bridgehead atoms. The Hall–Kier alpha value is -2.73. The summed E-state index contributed by atoms with van der Waals surface area (Å²) in [7, 11) is 0. The molecule has 1 aliphatic carbocycles. The molecule has 1 aromatic carbocycles. The fraction of sp³-hybridized carbons (Fsp3) is 0.318. The van der Waals surface area contributed by atoms with Crippen LogP contribution < -0.4 is 5.43 Å². The van der Waals surface area contributed by atoms with Gasteiger partial charge in [-0.05, 0) is 56.5 Å². The van der Waals surface area contributed by atoms with Gasteiger partial charge >= 0.3 is 5.97 Å². The number of esters is 1. The lowest BCUT2D eigenvalue weighted by atomic mass is 10.0. The van der Waals surface area contributed by atoms with Crippen LogP contribution in [0.1, 0.15) is 47.6 Å². The molecule has 0 radical (unpaired) electrons. The van der Waals surface area contributed by atoms with E-state index in [0.29, 0.717) is 22.3 Å². The Labute approximate surface area is 172 Å². The molecule has 0 amide bonds. The normalized spacial score (nSPS) is 13.7. The number of nitrogens with zero attached hydrogens (tertiary/aromatic N) is 2. The second kappa shape index (κ2) is 7.59. The Kier molecular flexibility index (Phi) is 5.13. The van der Waals surface area contributed by atoms with E-state index in [2.05, 4.69) is 4.98 Å². The first-order chi connectivity index (χ1) is 13.9. The Morgan fingerprint density at radius 1 is 1.31 bits per heavy atom. The van der Waals surface area contributed by atoms with E-state index in [1.807, 2.05) is 11.5 Å². The first-order valence-electron chi connectivity index (χ1n) is 9.52. The number of ether oxygens (including phenoxy) is 1. The van der Waals surface area contributed by atoms with Crippen molar-refractivity contribution in [2.75, 3.05) is 6.61 Å². The topological polar surface area (TPSA) is 61.2 Å². The minimum absolute atomic E-state index is 0.0671. The number of hydrogen-bond acceptors (Lipinski definition) is 4. The molecular formula is C22H20ClFN2O3. The van der Waals surface area contributed by atoms with E-state index in [1.165, 1.54) is 6.07 Å². The summed E-state index contributed by atoms with van der Waals surface area (Å²) in [5.74, 6) is -1.00. The van der Waals surface area contributed by atoms with Crippen molar-refractivity contribution in [3.05, 3.63) is 63.5 Å². The number of fused-ring (bicyclic) bond motifs is 1. The average molecular weight is 415 g/mol. The van der Waals surface area contributed by atoms with Gasteiger partial charge in [-0.15, -0.1) is 11.6 Å². The number of aryl methyl sites for hydroxylation is 1. The third-order valence-electron chi connectivity index (χ3n) is 5.01. The summed E-state index contributed by atoms with van der Waals surface area (Å²) in [6.07, 6.45) is 3.43. The Morgan fingerprint density at radius 2 is 2.07 bits per heavy atom. The molecule has 0 spiro atoms. The van der Waals surface area contributed by atoms with Gasteiger partial charge < -0.3 is 9.30 Å². The third-order valence-corrected chi connectivity index (χ3v) is 5.28. The Morgan fingerprint density at radius 3 is 2.72 bits per heavy atom. The maximum atomic E-state index is 15.1. The van der Waals surface area contributed by atoms with E-state index in [9.17, 15) is 9.59 Å². The monoisotopic (exact) mass is 414 g/mol. The number of aromatic nitrogens is 2. The predicted octanol–water partition coefficient (Wildman–Crippen LogP) is 4.76. The molecular weight excluding hydrogens is 395 g/mol. The van der Waals surface area contributed by atoms with E-state index >= 15 is 4.39 Å². The van der Waals surface area contributed by atoms with E-state index in [4.69, 9.17) is 16.3 Å². The van der Waals surface area contributed by atoms with Gasteiger partial charge in [-0.2, -0.15) is 0 Å². The summed E-state index contributed by atoms with van der Waals surface area (Å²) >= 11 is 5.92. The van der Waals surface area contributed by atoms with Crippen molar-refractivity contribution in [3.63, 3.8) is 0 Å². The molecule has 2 aromatic heterocycles. The van der Waals surface area contributed by atoms with Gasteiger partial charge in [0.1, 0.15) is 11.4 Å². The lowest BCUT2D eigenvalue weighted by molar-refractivity contribution is 0.0524. The van der Waals surface area contributed by atoms with Crippen LogP contribution in [0.5, 0.6) is 0 Å². The molecule has 3 aromatic rings. The number of carbonyl (C=O) groups is 1. The highest BCUT2D eigenvalue weighted by molar-refractivity contribution is 6.16. The minimum atomic E-state index is -0.685. The van der Waals surface area contributed by atoms with Crippen molar-refractivity contribution in [3.8, 4) is 11.1 Å². The molecule has 2 heterocycles. The van der Waals surface area contributed by atoms with Gasteiger partial charge in [0.2, 0.25) is 5.43 Å². The van der Waals surface area contributed by atoms with Crippen molar-refractivity contribution >= 4 is 28.5 Å². The van der Waals surface area contributed by atoms with E-state index in [0.717, 1.165) is 18.5 Å². The second-order valence-corrected chi connectivity index (χ2v) is 7.47. The highest BCUT2D eigenvalue weighted by Crippen LogP contribution is 2.38. The second-order valence-electron chi connectivity index (χ2n) is 7.20. The van der Waals surface area contributed by atoms with Crippen molar-refractivity contribution in [2.45, 2.75) is 38.6 Å². The molecule has 0 N–H and O–H groups in total. The average Bonchev–Trinajstić information content (AvgIpc) is 3.53. The summed E-state index contributed by atoms with van der Waals surface area (Å²) in [5.41, 5.74) is 2.41. The number of pyridine rings is 2. The molecule has 7 heteroatoms. The molecule has 0 unspecified atom stereocenters. The van der Waals surface area contributed by atoms with Crippen molar-refractivity contribution in [1.82, 2.24) is 9.55 Å². The van der Waals surface area contributed by atoms with Crippen molar-refractivity contribution in [2.24, 2.45) is 0 Å². The molecule has 0 atom stereocenters. The van der Waals surface area contributed by atoms with Crippen molar-refractivity contribution < 1.29 is 13.9 Å². The molecule has 5 nitrogen and oxygen atoms in total. The molecule has 1 fully saturated rings. The largest absolute Gasteiger partial charge is 0.462 e. The molecule has 1 saturated carbocycles. The smallest absolute Gasteiger partial charge is 0.343 e. The van der Waals surface area contributed by atoms with E-state index < -0.39 is 17.2 Å². The molecule has 0 saturated heterocycles. The first kappa shape index (κ1) is 19.6. The summed E-state index contributed by atoms with van der Waals surface area (Å²) in [6, 6.07) is 6.60. The lowest BCUT2D eigenvalue weighted by Crippen LogP contribution is -2.21. The van der Waals surface area contributed by atoms with Gasteiger partial charge in [0.15, 0.2) is 0 Å². The summed E-state index contributed by atoms with van der Waals surface area (Å²) < 4.78 is 22.0. The van der Waals surface area contributed by atoms with E-state index in [-0.39, 0.29) is 29.5 Å². The zero-order valence-corrected chi connectivity index (χ0v) is 16.9. The first-order valence-corrected chi connectivity index (χ1v) is 10.1. The van der Waals surface area contributed by atoms with Crippen LogP contribution in [0.3, 0.4) is 0 Å². The highest BCUT2D eigenvalue weighted by Gasteiger charge is 2.28. The fourth-order valence-electron chi connectivity index (χ4n) is 3.56. The number of hydrogen-bond donors (Lipinski definition) is 0. The SMILES string of the molecule is CCOC(=O)c1cn(C2CC2)c2cc(-c3cc(C)nc(CCl)c3)c(F)cc2c1=O. The molecule has 4 rings (SSSR count). The zero-order valence-electron chi connectivity index (χ0n) is 16.2. The van der Waals surface area contributed by atoms with Gasteiger partial charge in [-0.25, -0.2) is 9.18 Å². The van der Waals surface area contributed by atoms with Gasteiger partial charge in [0.05, 0.1) is 23.7 Å². The summed E-state index contributed by atoms with van der Waals surface area (Å²) in [4.78, 5) is 29.5. The Bertz CT molecular complexity index is 1180. The number of alkyl halides is 1. The van der Waals surface area contributed by atoms with Gasteiger partial charge in [-0.1, -0.05) is 0 Å². The molecule has 1 aliphatic rings. The lowest BCUT2D eigenvalue weighted by Gasteiger charge is -2.15. The van der Waals surface area contributed by atoms with Crippen LogP contribution in [0.4, 0.5) is 4.39 Å². The highest BCUT2D eigenvalue weighted by atomic mass is 35.5. The fourth-order valence-corrected chi connectivity index (χ4v) is 3.70. The number of carbonyl (C=O) groups excluding carboxylic acids is 1. The maximum absolute atomic E-state index is 15.1. The quantitative estimate of drug-likeness (QED) is 0.446. The number of benzene rings is 1. The summed E-state index contributed by atoms with van der Waals surface area (Å²) in [6.45, 7) is 3.66. The van der Waals surface area contributed by atoms with Crippen molar-refractivity contribution in [1.29, 1.82) is 0 Å². The van der Waals surface area contributed by atoms with Crippen LogP contribution >= 0.6 is 11.6 Å². The summed E-state index contributed by atoms with van der Waals surface area (Å²) in [5, 5.41) is 0.173. The van der Waals surface area contributed by atoms with Crippen LogP contribution in [0, 0.1) is 12.7 Å². The van der Waals surface area contributed by atoms with E-state index in [1.54, 1.807) is 31.3 Å². The molecule has 29 heavy (non-hydrogen) atoms. The van der Waals surface area contributed by atoms with Gasteiger partial charge in [0.25, 0.3) is 0 Å². The molecule has 150 valence electrons. The predicted molar refractivity (Wildman–Crippen MR) is 110 cm³/mol. The Balaban J connectivity index is 1.97. The van der Waals surface area contributed by atoms with Gasteiger partial charge in [0, 0.05) is 28.9 Å². The number of halogens is 2. The molecule has 0 aliphatic heterocycles. The van der Waals surface area contributed by atoms with Crippen LogP contribution in [0.25, 0.3) is 22.0 Å². The van der Waals surface area contributed by atoms with Crippen LogP contribution in [0.2, 0.25) is 0 Å².